The van der Waals surface area contributed by atoms with Gasteiger partial charge in [0.1, 0.15) is 17.3 Å². The van der Waals surface area contributed by atoms with Crippen molar-refractivity contribution in [2.45, 2.75) is 52.5 Å². The van der Waals surface area contributed by atoms with Crippen molar-refractivity contribution in [3.63, 3.8) is 0 Å². The second-order valence-electron chi connectivity index (χ2n) is 12.9. The molecule has 1 aliphatic rings. The molecule has 2 aromatic carbocycles. The van der Waals surface area contributed by atoms with E-state index >= 15 is 0 Å². The zero-order chi connectivity index (χ0) is 39.8. The van der Waals surface area contributed by atoms with E-state index in [9.17, 15) is 31.1 Å². The molecule has 0 atom stereocenters. The van der Waals surface area contributed by atoms with Gasteiger partial charge in [-0.05, 0) is 51.5 Å². The number of aliphatic carboxylic acids is 2. The normalized spacial score (nSPS) is 13.6. The molecule has 3 heterocycles. The number of rotatable bonds is 9. The molecule has 5 rings (SSSR count). The van der Waals surface area contributed by atoms with Crippen molar-refractivity contribution in [3.8, 4) is 22.9 Å². The Kier molecular flexibility index (Phi) is 13.2. The van der Waals surface area contributed by atoms with Crippen LogP contribution in [0.4, 0.5) is 37.8 Å². The standard InChI is InChI=1S/C29H34N6O4.2C2HF3O2/c1-18-9-10-22-24(25(18)39-17-29(5)15-37-16-29)27(32-20-12-30-31-13-20)34-26(33-22)19-7-6-8-21(11-19)38-14-23(36)35-28(2,3)4;2*3-2(4,5)1(6)7/h6-13H,14-17H2,1-5H3,(H,30,31)(H,35,36)(H,32,33,34);2*(H,6,7). The van der Waals surface area contributed by atoms with Gasteiger partial charge in [0.15, 0.2) is 12.4 Å². The number of amides is 1. The van der Waals surface area contributed by atoms with Crippen LogP contribution in [-0.4, -0.2) is 92.5 Å². The van der Waals surface area contributed by atoms with Crippen LogP contribution in [0.25, 0.3) is 22.3 Å². The number of nitrogens with one attached hydrogen (secondary N) is 3. The van der Waals surface area contributed by atoms with E-state index in [1.807, 2.05) is 58.0 Å². The summed E-state index contributed by atoms with van der Waals surface area (Å²) in [6, 6.07) is 11.4. The molecule has 0 bridgehead atoms. The monoisotopic (exact) mass is 758 g/mol. The summed E-state index contributed by atoms with van der Waals surface area (Å²) in [5.41, 5.74) is 2.89. The third-order valence-electron chi connectivity index (χ3n) is 6.70. The minimum Gasteiger partial charge on any atom is -0.492 e. The van der Waals surface area contributed by atoms with E-state index in [0.717, 1.165) is 33.5 Å². The number of carbonyl (C=O) groups excluding carboxylic acids is 1. The van der Waals surface area contributed by atoms with E-state index in [-0.39, 0.29) is 23.5 Å². The molecular formula is C33H36F6N6O8. The first-order valence-electron chi connectivity index (χ1n) is 15.4. The van der Waals surface area contributed by atoms with Crippen molar-refractivity contribution in [1.29, 1.82) is 0 Å². The highest BCUT2D eigenvalue weighted by Gasteiger charge is 2.39. The molecule has 0 aliphatic carbocycles. The summed E-state index contributed by atoms with van der Waals surface area (Å²) < 4.78 is 81.0. The molecule has 288 valence electrons. The highest BCUT2D eigenvalue weighted by Crippen LogP contribution is 2.38. The highest BCUT2D eigenvalue weighted by atomic mass is 19.4. The van der Waals surface area contributed by atoms with Crippen molar-refractivity contribution < 1.29 is 65.1 Å². The Labute approximate surface area is 297 Å². The first-order valence-corrected chi connectivity index (χ1v) is 15.4. The summed E-state index contributed by atoms with van der Waals surface area (Å²) in [4.78, 5) is 39.8. The molecule has 0 saturated carbocycles. The van der Waals surface area contributed by atoms with E-state index in [4.69, 9.17) is 44.0 Å². The number of nitrogens with zero attached hydrogens (tertiary/aromatic N) is 3. The fourth-order valence-electron chi connectivity index (χ4n) is 4.27. The van der Waals surface area contributed by atoms with E-state index in [0.29, 0.717) is 37.2 Å². The van der Waals surface area contributed by atoms with Crippen LogP contribution < -0.4 is 20.1 Å². The van der Waals surface area contributed by atoms with E-state index in [2.05, 4.69) is 27.8 Å². The minimum atomic E-state index is -5.08. The van der Waals surface area contributed by atoms with Gasteiger partial charge in [-0.3, -0.25) is 9.89 Å². The number of hydrogen-bond donors (Lipinski definition) is 5. The third kappa shape index (κ3) is 12.8. The Bertz CT molecular complexity index is 1870. The fourth-order valence-corrected chi connectivity index (χ4v) is 4.27. The molecule has 0 unspecified atom stereocenters. The number of aromatic amines is 1. The maximum atomic E-state index is 12.2. The molecule has 0 radical (unpaired) electrons. The van der Waals surface area contributed by atoms with Crippen LogP contribution in [0, 0.1) is 12.3 Å². The molecule has 1 aliphatic heterocycles. The number of fused-ring (bicyclic) bond motifs is 1. The van der Waals surface area contributed by atoms with Crippen LogP contribution in [0.5, 0.6) is 11.5 Å². The van der Waals surface area contributed by atoms with Crippen LogP contribution in [0.15, 0.2) is 48.8 Å². The molecule has 20 heteroatoms. The summed E-state index contributed by atoms with van der Waals surface area (Å²) in [6.07, 6.45) is -6.72. The summed E-state index contributed by atoms with van der Waals surface area (Å²) in [6.45, 7) is 11.7. The van der Waals surface area contributed by atoms with Gasteiger partial charge in [0.05, 0.1) is 42.6 Å². The molecular weight excluding hydrogens is 722 g/mol. The van der Waals surface area contributed by atoms with Crippen molar-refractivity contribution >= 4 is 40.3 Å². The lowest BCUT2D eigenvalue weighted by molar-refractivity contribution is -0.193. The summed E-state index contributed by atoms with van der Waals surface area (Å²) in [7, 11) is 0. The van der Waals surface area contributed by atoms with Gasteiger partial charge in [0.25, 0.3) is 5.91 Å². The number of carboxylic acids is 2. The smallest absolute Gasteiger partial charge is 0.490 e. The molecule has 4 aromatic rings. The number of anilines is 2. The van der Waals surface area contributed by atoms with Gasteiger partial charge in [-0.1, -0.05) is 25.1 Å². The number of benzene rings is 2. The molecule has 1 amide bonds. The summed E-state index contributed by atoms with van der Waals surface area (Å²) in [5.74, 6) is -3.31. The molecule has 1 fully saturated rings. The van der Waals surface area contributed by atoms with E-state index in [1.54, 1.807) is 18.5 Å². The van der Waals surface area contributed by atoms with Gasteiger partial charge in [0, 0.05) is 22.7 Å². The Hall–Kier alpha value is -5.66. The number of ether oxygens (including phenoxy) is 3. The van der Waals surface area contributed by atoms with E-state index in [1.165, 1.54) is 0 Å². The molecule has 2 aromatic heterocycles. The Morgan fingerprint density at radius 2 is 1.58 bits per heavy atom. The zero-order valence-corrected chi connectivity index (χ0v) is 28.9. The van der Waals surface area contributed by atoms with Gasteiger partial charge < -0.3 is 35.1 Å². The van der Waals surface area contributed by atoms with E-state index < -0.39 is 24.3 Å². The second kappa shape index (κ2) is 16.8. The van der Waals surface area contributed by atoms with Gasteiger partial charge in [-0.25, -0.2) is 19.6 Å². The van der Waals surface area contributed by atoms with Gasteiger partial charge in [-0.2, -0.15) is 31.4 Å². The number of hydrogen-bond acceptors (Lipinski definition) is 10. The van der Waals surface area contributed by atoms with Crippen LogP contribution >= 0.6 is 0 Å². The van der Waals surface area contributed by atoms with Gasteiger partial charge in [-0.15, -0.1) is 0 Å². The maximum absolute atomic E-state index is 12.2. The number of carbonyl (C=O) groups is 3. The summed E-state index contributed by atoms with van der Waals surface area (Å²) in [5, 5.41) is 28.2. The lowest BCUT2D eigenvalue weighted by atomic mass is 9.90. The Balaban J connectivity index is 0.000000458. The SMILES string of the molecule is Cc1ccc2nc(-c3cccc(OCC(=O)NC(C)(C)C)c3)nc(Nc3cn[nH]c3)c2c1OCC1(C)COC1.O=C(O)C(F)(F)F.O=C(O)C(F)(F)F. The molecule has 1 saturated heterocycles. The third-order valence-corrected chi connectivity index (χ3v) is 6.70. The second-order valence-corrected chi connectivity index (χ2v) is 12.9. The number of carboxylic acid groups (broad SMARTS) is 2. The molecule has 5 N–H and O–H groups in total. The van der Waals surface area contributed by atoms with Crippen LogP contribution in [0.2, 0.25) is 0 Å². The Morgan fingerprint density at radius 1 is 0.962 bits per heavy atom. The Morgan fingerprint density at radius 3 is 2.09 bits per heavy atom. The number of halogens is 6. The largest absolute Gasteiger partial charge is 0.492 e. The minimum absolute atomic E-state index is 0.0161. The quantitative estimate of drug-likeness (QED) is 0.124. The lowest BCUT2D eigenvalue weighted by Gasteiger charge is -2.37. The average molecular weight is 759 g/mol. The number of H-pyrrole nitrogens is 1. The van der Waals surface area contributed by atoms with Crippen molar-refractivity contribution in [2.24, 2.45) is 5.41 Å². The summed E-state index contributed by atoms with van der Waals surface area (Å²) >= 11 is 0. The van der Waals surface area contributed by atoms with Crippen LogP contribution in [0.1, 0.15) is 33.3 Å². The topological polar surface area (TPSA) is 198 Å². The molecule has 14 nitrogen and oxygen atoms in total. The lowest BCUT2D eigenvalue weighted by Crippen LogP contribution is -2.44. The number of aryl methyl sites for hydroxylation is 1. The zero-order valence-electron chi connectivity index (χ0n) is 28.9. The van der Waals surface area contributed by atoms with Crippen LogP contribution in [-0.2, 0) is 19.1 Å². The highest BCUT2D eigenvalue weighted by molar-refractivity contribution is 5.98. The number of aromatic nitrogens is 4. The maximum Gasteiger partial charge on any atom is 0.490 e. The van der Waals surface area contributed by atoms with Gasteiger partial charge in [0.2, 0.25) is 0 Å². The average Bonchev–Trinajstić information content (AvgIpc) is 3.54. The first-order chi connectivity index (χ1) is 24.5. The van der Waals surface area contributed by atoms with Crippen molar-refractivity contribution in [1.82, 2.24) is 25.5 Å². The first kappa shape index (κ1) is 41.8. The predicted molar refractivity (Wildman–Crippen MR) is 177 cm³/mol. The predicted octanol–water partition coefficient (Wildman–Crippen LogP) is 6.05. The van der Waals surface area contributed by atoms with Gasteiger partial charge >= 0.3 is 24.3 Å². The molecule has 0 spiro atoms. The number of alkyl halides is 6. The fraction of sp³-hybridized carbons (Fsp3) is 0.394. The molecule has 53 heavy (non-hydrogen) atoms. The van der Waals surface area contributed by atoms with Crippen molar-refractivity contribution in [2.75, 3.05) is 31.7 Å². The van der Waals surface area contributed by atoms with Crippen molar-refractivity contribution in [3.05, 3.63) is 54.4 Å². The van der Waals surface area contributed by atoms with Crippen LogP contribution in [0.3, 0.4) is 0 Å².